The van der Waals surface area contributed by atoms with Gasteiger partial charge < -0.3 is 0 Å². The summed E-state index contributed by atoms with van der Waals surface area (Å²) < 4.78 is 2.49. The van der Waals surface area contributed by atoms with E-state index in [2.05, 4.69) is 24.3 Å². The highest BCUT2D eigenvalue weighted by Gasteiger charge is 2.18. The number of thiophene rings is 1. The van der Waals surface area contributed by atoms with Gasteiger partial charge in [-0.25, -0.2) is 0 Å². The summed E-state index contributed by atoms with van der Waals surface area (Å²) in [6.07, 6.45) is 7.23. The van der Waals surface area contributed by atoms with Crippen molar-refractivity contribution in [2.75, 3.05) is 6.54 Å². The van der Waals surface area contributed by atoms with Gasteiger partial charge in [-0.2, -0.15) is 0 Å². The van der Waals surface area contributed by atoms with E-state index >= 15 is 0 Å². The Morgan fingerprint density at radius 1 is 1.08 bits per heavy atom. The van der Waals surface area contributed by atoms with Crippen LogP contribution in [0.3, 0.4) is 0 Å². The molecule has 0 N–H and O–H groups in total. The number of carbonyl (C=O) groups is 2. The van der Waals surface area contributed by atoms with Crippen molar-refractivity contribution in [1.82, 2.24) is 4.90 Å². The Balaban J connectivity index is 1.64. The molecule has 3 nitrogen and oxygen atoms in total. The van der Waals surface area contributed by atoms with Gasteiger partial charge in [0.05, 0.1) is 0 Å². The van der Waals surface area contributed by atoms with Gasteiger partial charge >= 0.3 is 0 Å². The monoisotopic (exact) mass is 333 g/mol. The van der Waals surface area contributed by atoms with E-state index in [-0.39, 0.29) is 11.8 Å². The van der Waals surface area contributed by atoms with Gasteiger partial charge in [0, 0.05) is 32.8 Å². The highest BCUT2D eigenvalue weighted by Crippen LogP contribution is 2.34. The minimum Gasteiger partial charge on any atom is -0.275 e. The summed E-state index contributed by atoms with van der Waals surface area (Å²) in [7, 11) is 0. The van der Waals surface area contributed by atoms with Gasteiger partial charge in [0.15, 0.2) is 0 Å². The summed E-state index contributed by atoms with van der Waals surface area (Å²) in [5.41, 5.74) is 0.958. The normalized spacial score (nSPS) is 15.0. The molecule has 0 saturated carbocycles. The zero-order chi connectivity index (χ0) is 16.5. The standard InChI is InChI=1S/C20H15NO2S/c22-19-7-3-4-12-21(19)20(23)11-9-14-8-10-18-16(13-14)15-5-1-2-6-17(15)24-18/h1-3,5-11,13H,4,12H2/b11-9+. The topological polar surface area (TPSA) is 37.4 Å². The number of hydrogen-bond acceptors (Lipinski definition) is 3. The smallest absolute Gasteiger partial charge is 0.253 e. The van der Waals surface area contributed by atoms with Crippen LogP contribution in [0.15, 0.2) is 60.7 Å². The summed E-state index contributed by atoms with van der Waals surface area (Å²) in [4.78, 5) is 25.2. The van der Waals surface area contributed by atoms with Crippen LogP contribution < -0.4 is 0 Å². The zero-order valence-electron chi connectivity index (χ0n) is 12.9. The fraction of sp³-hybridized carbons (Fsp3) is 0.100. The highest BCUT2D eigenvalue weighted by molar-refractivity contribution is 7.25. The third-order valence-corrected chi connectivity index (χ3v) is 5.28. The average Bonchev–Trinajstić information content (AvgIpc) is 2.98. The first-order valence-corrected chi connectivity index (χ1v) is 8.65. The van der Waals surface area contributed by atoms with E-state index in [1.165, 1.54) is 37.2 Å². The number of hydrogen-bond donors (Lipinski definition) is 0. The Morgan fingerprint density at radius 3 is 2.79 bits per heavy atom. The molecule has 2 aromatic carbocycles. The van der Waals surface area contributed by atoms with Crippen LogP contribution in [-0.2, 0) is 9.59 Å². The van der Waals surface area contributed by atoms with Gasteiger partial charge in [-0.1, -0.05) is 30.3 Å². The molecule has 0 atom stereocenters. The molecule has 0 aliphatic carbocycles. The highest BCUT2D eigenvalue weighted by atomic mass is 32.1. The Bertz CT molecular complexity index is 1010. The lowest BCUT2D eigenvalue weighted by Gasteiger charge is -2.19. The second kappa shape index (κ2) is 6.06. The Hall–Kier alpha value is -2.72. The van der Waals surface area contributed by atoms with Crippen LogP contribution in [0.1, 0.15) is 12.0 Å². The first kappa shape index (κ1) is 14.8. The van der Waals surface area contributed by atoms with E-state index in [1.54, 1.807) is 23.5 Å². The van der Waals surface area contributed by atoms with Crippen molar-refractivity contribution in [1.29, 1.82) is 0 Å². The quantitative estimate of drug-likeness (QED) is 0.653. The van der Waals surface area contributed by atoms with E-state index in [0.29, 0.717) is 6.54 Å². The van der Waals surface area contributed by atoms with Gasteiger partial charge in [0.1, 0.15) is 0 Å². The van der Waals surface area contributed by atoms with Crippen LogP contribution in [-0.4, -0.2) is 23.3 Å². The molecule has 0 radical (unpaired) electrons. The van der Waals surface area contributed by atoms with Gasteiger partial charge in [-0.05, 0) is 42.3 Å². The lowest BCUT2D eigenvalue weighted by Crippen LogP contribution is -2.37. The van der Waals surface area contributed by atoms with E-state index in [1.807, 2.05) is 18.2 Å². The molecule has 2 amide bonds. The van der Waals surface area contributed by atoms with Gasteiger partial charge in [-0.3, -0.25) is 14.5 Å². The number of imide groups is 1. The number of benzene rings is 2. The summed E-state index contributed by atoms with van der Waals surface area (Å²) in [5, 5.41) is 2.43. The Morgan fingerprint density at radius 2 is 1.92 bits per heavy atom. The van der Waals surface area contributed by atoms with Crippen LogP contribution in [0.4, 0.5) is 0 Å². The maximum Gasteiger partial charge on any atom is 0.253 e. The largest absolute Gasteiger partial charge is 0.275 e. The first-order valence-electron chi connectivity index (χ1n) is 7.84. The lowest BCUT2D eigenvalue weighted by molar-refractivity contribution is -0.139. The average molecular weight is 333 g/mol. The molecule has 24 heavy (non-hydrogen) atoms. The predicted octanol–water partition coefficient (Wildman–Crippen LogP) is 4.38. The van der Waals surface area contributed by atoms with Crippen molar-refractivity contribution in [3.63, 3.8) is 0 Å². The Kier molecular flexibility index (Phi) is 3.75. The van der Waals surface area contributed by atoms with Crippen LogP contribution in [0.25, 0.3) is 26.2 Å². The van der Waals surface area contributed by atoms with Crippen molar-refractivity contribution < 1.29 is 9.59 Å². The molecule has 3 aromatic rings. The molecule has 4 heteroatoms. The van der Waals surface area contributed by atoms with E-state index < -0.39 is 0 Å². The second-order valence-electron chi connectivity index (χ2n) is 5.71. The number of rotatable bonds is 2. The molecule has 1 aliphatic rings. The number of carbonyl (C=O) groups excluding carboxylic acids is 2. The van der Waals surface area contributed by atoms with Crippen LogP contribution in [0.2, 0.25) is 0 Å². The molecule has 0 fully saturated rings. The Labute approximate surface area is 143 Å². The molecule has 1 aliphatic heterocycles. The zero-order valence-corrected chi connectivity index (χ0v) is 13.8. The molecule has 4 rings (SSSR count). The van der Waals surface area contributed by atoms with Crippen LogP contribution in [0.5, 0.6) is 0 Å². The van der Waals surface area contributed by atoms with Crippen molar-refractivity contribution in [3.8, 4) is 0 Å². The SMILES string of the molecule is O=C1C=CCCN1C(=O)/C=C/c1ccc2sc3ccccc3c2c1. The van der Waals surface area contributed by atoms with Crippen molar-refractivity contribution in [2.45, 2.75) is 6.42 Å². The summed E-state index contributed by atoms with van der Waals surface area (Å²) in [6, 6.07) is 14.5. The molecule has 118 valence electrons. The lowest BCUT2D eigenvalue weighted by atomic mass is 10.1. The number of nitrogens with zero attached hydrogens (tertiary/aromatic N) is 1. The molecule has 0 spiro atoms. The minimum atomic E-state index is -0.264. The molecular formula is C20H15NO2S. The van der Waals surface area contributed by atoms with Gasteiger partial charge in [0.25, 0.3) is 11.8 Å². The van der Waals surface area contributed by atoms with Crippen molar-refractivity contribution in [3.05, 3.63) is 66.3 Å². The number of amides is 2. The maximum absolute atomic E-state index is 12.2. The first-order chi connectivity index (χ1) is 11.7. The summed E-state index contributed by atoms with van der Waals surface area (Å²) in [5.74, 6) is -0.505. The van der Waals surface area contributed by atoms with E-state index in [9.17, 15) is 9.59 Å². The van der Waals surface area contributed by atoms with Crippen LogP contribution in [0, 0.1) is 0 Å². The van der Waals surface area contributed by atoms with Gasteiger partial charge in [0.2, 0.25) is 0 Å². The maximum atomic E-state index is 12.2. The predicted molar refractivity (Wildman–Crippen MR) is 98.8 cm³/mol. The fourth-order valence-electron chi connectivity index (χ4n) is 2.91. The number of fused-ring (bicyclic) bond motifs is 3. The van der Waals surface area contributed by atoms with Crippen LogP contribution >= 0.6 is 11.3 Å². The molecule has 2 heterocycles. The van der Waals surface area contributed by atoms with E-state index in [0.717, 1.165) is 12.0 Å². The van der Waals surface area contributed by atoms with Crippen molar-refractivity contribution >= 4 is 49.4 Å². The summed E-state index contributed by atoms with van der Waals surface area (Å²) in [6.45, 7) is 0.451. The fourth-order valence-corrected chi connectivity index (χ4v) is 4.00. The molecule has 0 saturated heterocycles. The minimum absolute atomic E-state index is 0.241. The second-order valence-corrected chi connectivity index (χ2v) is 6.79. The van der Waals surface area contributed by atoms with Crippen molar-refractivity contribution in [2.24, 2.45) is 0 Å². The van der Waals surface area contributed by atoms with Gasteiger partial charge in [-0.15, -0.1) is 11.3 Å². The third-order valence-electron chi connectivity index (χ3n) is 4.13. The molecule has 1 aromatic heterocycles. The molecule has 0 unspecified atom stereocenters. The molecular weight excluding hydrogens is 318 g/mol. The van der Waals surface area contributed by atoms with E-state index in [4.69, 9.17) is 0 Å². The summed E-state index contributed by atoms with van der Waals surface area (Å²) >= 11 is 1.77. The third kappa shape index (κ3) is 2.65. The molecule has 0 bridgehead atoms.